The molecule has 0 radical (unpaired) electrons. The second kappa shape index (κ2) is 10.4. The number of fused-ring (bicyclic) bond motifs is 2. The summed E-state index contributed by atoms with van der Waals surface area (Å²) in [5, 5.41) is 0. The highest BCUT2D eigenvalue weighted by molar-refractivity contribution is 5.74. The van der Waals surface area contributed by atoms with Gasteiger partial charge >= 0.3 is 5.97 Å². The zero-order chi connectivity index (χ0) is 22.1. The molecule has 2 aliphatic carbocycles. The summed E-state index contributed by atoms with van der Waals surface area (Å²) in [5.74, 6) is 39.5. The predicted octanol–water partition coefficient (Wildman–Crippen LogP) is 3.42. The van der Waals surface area contributed by atoms with Crippen molar-refractivity contribution in [2.45, 2.75) is 59.0 Å². The summed E-state index contributed by atoms with van der Waals surface area (Å²) in [6, 6.07) is 0. The van der Waals surface area contributed by atoms with Crippen LogP contribution in [0.4, 0.5) is 0 Å². The molecule has 1 saturated heterocycles. The minimum absolute atomic E-state index is 0.0422. The lowest BCUT2D eigenvalue weighted by Gasteiger charge is -2.33. The second-order valence-electron chi connectivity index (χ2n) is 8.37. The minimum Gasteiger partial charge on any atom is -0.462 e. The number of hydrogen-bond acceptors (Lipinski definition) is 2. The summed E-state index contributed by atoms with van der Waals surface area (Å²) < 4.78 is 5.69. The van der Waals surface area contributed by atoms with Crippen molar-refractivity contribution < 1.29 is 9.53 Å². The van der Waals surface area contributed by atoms with Gasteiger partial charge < -0.3 is 4.74 Å². The summed E-state index contributed by atoms with van der Waals surface area (Å²) in [6.07, 6.45) is 5.37. The van der Waals surface area contributed by atoms with Crippen LogP contribution in [0, 0.1) is 112 Å². The van der Waals surface area contributed by atoms with Gasteiger partial charge in [-0.3, -0.25) is 4.79 Å². The van der Waals surface area contributed by atoms with Gasteiger partial charge in [0, 0.05) is 11.3 Å². The Hall–Kier alpha value is -3.61. The van der Waals surface area contributed by atoms with Crippen LogP contribution >= 0.6 is 0 Å². The van der Waals surface area contributed by atoms with Gasteiger partial charge in [-0.05, 0) is 115 Å². The Labute approximate surface area is 186 Å². The molecule has 2 nitrogen and oxygen atoms in total. The van der Waals surface area contributed by atoms with Crippen molar-refractivity contribution in [1.29, 1.82) is 0 Å². The van der Waals surface area contributed by atoms with E-state index in [1.54, 1.807) is 6.92 Å². The first kappa shape index (κ1) is 22.1. The van der Waals surface area contributed by atoms with Crippen LogP contribution in [0.3, 0.4) is 0 Å². The van der Waals surface area contributed by atoms with Crippen LogP contribution in [0.15, 0.2) is 0 Å². The van der Waals surface area contributed by atoms with Crippen molar-refractivity contribution in [3.63, 3.8) is 0 Å². The number of hydrogen-bond donors (Lipinski definition) is 0. The summed E-state index contributed by atoms with van der Waals surface area (Å²) in [6.45, 7) is 6.00. The van der Waals surface area contributed by atoms with Gasteiger partial charge in [-0.2, -0.15) is 0 Å². The van der Waals surface area contributed by atoms with Crippen molar-refractivity contribution in [2.75, 3.05) is 0 Å². The normalized spacial score (nSPS) is 31.3. The van der Waals surface area contributed by atoms with E-state index in [0.29, 0.717) is 11.8 Å². The van der Waals surface area contributed by atoms with Gasteiger partial charge in [0.25, 0.3) is 0 Å². The summed E-state index contributed by atoms with van der Waals surface area (Å²) in [4.78, 5) is 12.1. The van der Waals surface area contributed by atoms with Crippen molar-refractivity contribution >= 4 is 5.97 Å². The van der Waals surface area contributed by atoms with Gasteiger partial charge in [0.15, 0.2) is 0 Å². The third-order valence-corrected chi connectivity index (χ3v) is 6.62. The van der Waals surface area contributed by atoms with Crippen LogP contribution < -0.4 is 0 Å². The van der Waals surface area contributed by atoms with E-state index in [4.69, 9.17) is 4.74 Å². The summed E-state index contributed by atoms with van der Waals surface area (Å²) in [7, 11) is 0. The SMILES string of the molecule is CC#CC#CC#CC#CC#CC#CC#CC12CCCC1C(C)CC1OC(=O)C(C)C1C2. The number of carbonyl (C=O) groups is 1. The van der Waals surface area contributed by atoms with E-state index in [0.717, 1.165) is 19.3 Å². The second-order valence-corrected chi connectivity index (χ2v) is 8.37. The molecule has 0 N–H and O–H groups in total. The third kappa shape index (κ3) is 5.31. The Morgan fingerprint density at radius 2 is 1.45 bits per heavy atom. The van der Waals surface area contributed by atoms with Gasteiger partial charge in [-0.25, -0.2) is 0 Å². The Morgan fingerprint density at radius 3 is 2.06 bits per heavy atom. The molecule has 3 rings (SSSR count). The molecular weight excluding hydrogens is 380 g/mol. The highest BCUT2D eigenvalue weighted by atomic mass is 16.6. The molecule has 6 atom stereocenters. The van der Waals surface area contributed by atoms with Gasteiger partial charge in [-0.15, -0.1) is 0 Å². The van der Waals surface area contributed by atoms with Gasteiger partial charge in [0.05, 0.1) is 5.92 Å². The fourth-order valence-electron chi connectivity index (χ4n) is 5.24. The highest BCUT2D eigenvalue weighted by Crippen LogP contribution is 2.56. The van der Waals surface area contributed by atoms with Gasteiger partial charge in [-0.1, -0.05) is 32.1 Å². The maximum atomic E-state index is 12.1. The zero-order valence-corrected chi connectivity index (χ0v) is 18.2. The fraction of sp³-hybridized carbons (Fsp3) is 0.483. The average Bonchev–Trinajstić information content (AvgIpc) is 3.25. The van der Waals surface area contributed by atoms with E-state index < -0.39 is 0 Å². The molecule has 1 aliphatic heterocycles. The topological polar surface area (TPSA) is 26.3 Å². The smallest absolute Gasteiger partial charge is 0.309 e. The number of ether oxygens (including phenoxy) is 1. The molecule has 6 unspecified atom stereocenters. The molecule has 2 heteroatoms. The van der Waals surface area contributed by atoms with Crippen LogP contribution in [-0.2, 0) is 9.53 Å². The molecule has 0 bridgehead atoms. The molecule has 0 aromatic carbocycles. The molecule has 31 heavy (non-hydrogen) atoms. The number of rotatable bonds is 0. The standard InChI is InChI=1S/C29H24O2/c1-4-5-6-7-8-9-10-11-12-13-14-15-16-19-29-20-17-18-26(29)23(2)21-27-25(22-29)24(3)28(30)31-27/h23-27H,17-18,20-22H2,1-3H3. The van der Waals surface area contributed by atoms with E-state index >= 15 is 0 Å². The van der Waals surface area contributed by atoms with Gasteiger partial charge in [0.1, 0.15) is 6.10 Å². The Balaban J connectivity index is 1.70. The zero-order valence-electron chi connectivity index (χ0n) is 18.2. The first-order valence-corrected chi connectivity index (χ1v) is 10.7. The molecule has 1 heterocycles. The summed E-state index contributed by atoms with van der Waals surface area (Å²) >= 11 is 0. The molecule has 3 fully saturated rings. The molecule has 2 saturated carbocycles. The van der Waals surface area contributed by atoms with E-state index in [2.05, 4.69) is 89.8 Å². The van der Waals surface area contributed by atoms with Crippen molar-refractivity contribution in [2.24, 2.45) is 29.1 Å². The van der Waals surface area contributed by atoms with Crippen LogP contribution in [0.1, 0.15) is 52.9 Å². The quantitative estimate of drug-likeness (QED) is 0.457. The lowest BCUT2D eigenvalue weighted by atomic mass is 9.69. The Kier molecular flexibility index (Phi) is 7.43. The van der Waals surface area contributed by atoms with Crippen molar-refractivity contribution in [3.8, 4) is 82.9 Å². The molecule has 0 aromatic rings. The largest absolute Gasteiger partial charge is 0.462 e. The predicted molar refractivity (Wildman–Crippen MR) is 121 cm³/mol. The van der Waals surface area contributed by atoms with Crippen LogP contribution in [0.2, 0.25) is 0 Å². The Morgan fingerprint density at radius 1 is 0.871 bits per heavy atom. The lowest BCUT2D eigenvalue weighted by Crippen LogP contribution is -2.30. The van der Waals surface area contributed by atoms with Crippen LogP contribution in [0.5, 0.6) is 0 Å². The molecule has 0 aromatic heterocycles. The van der Waals surface area contributed by atoms with Crippen molar-refractivity contribution in [1.82, 2.24) is 0 Å². The van der Waals surface area contributed by atoms with Crippen molar-refractivity contribution in [3.05, 3.63) is 0 Å². The fourth-order valence-corrected chi connectivity index (χ4v) is 5.24. The van der Waals surface area contributed by atoms with Gasteiger partial charge in [0.2, 0.25) is 0 Å². The lowest BCUT2D eigenvalue weighted by molar-refractivity contribution is -0.144. The number of esters is 1. The average molecular weight is 405 g/mol. The number of carbonyl (C=O) groups excluding carboxylic acids is 1. The van der Waals surface area contributed by atoms with E-state index in [-0.39, 0.29) is 29.3 Å². The molecule has 0 spiro atoms. The molecule has 3 aliphatic rings. The first-order valence-electron chi connectivity index (χ1n) is 10.7. The summed E-state index contributed by atoms with van der Waals surface area (Å²) in [5.41, 5.74) is -0.0677. The van der Waals surface area contributed by atoms with E-state index in [1.807, 2.05) is 6.92 Å². The third-order valence-electron chi connectivity index (χ3n) is 6.62. The monoisotopic (exact) mass is 404 g/mol. The van der Waals surface area contributed by atoms with Crippen LogP contribution in [-0.4, -0.2) is 12.1 Å². The molecular formula is C29H24O2. The molecule has 0 amide bonds. The maximum absolute atomic E-state index is 12.1. The maximum Gasteiger partial charge on any atom is 0.309 e. The van der Waals surface area contributed by atoms with Crippen LogP contribution in [0.25, 0.3) is 0 Å². The van der Waals surface area contributed by atoms with E-state index in [1.165, 1.54) is 12.8 Å². The Bertz CT molecular complexity index is 1170. The first-order chi connectivity index (χ1) is 15.1. The molecule has 152 valence electrons. The minimum atomic E-state index is -0.0677. The van der Waals surface area contributed by atoms with E-state index in [9.17, 15) is 4.79 Å². The highest BCUT2D eigenvalue weighted by Gasteiger charge is 2.54.